The van der Waals surface area contributed by atoms with E-state index >= 15 is 0 Å². The van der Waals surface area contributed by atoms with Crippen LogP contribution >= 0.6 is 15.6 Å². The van der Waals surface area contributed by atoms with E-state index in [0.29, 0.717) is 32.1 Å². The fraction of sp³-hybridized carbons (Fsp3) is 0.620. The molecule has 98 heavy (non-hydrogen) atoms. The van der Waals surface area contributed by atoms with E-state index in [1.54, 1.807) is 6.08 Å². The van der Waals surface area contributed by atoms with Crippen molar-refractivity contribution in [1.29, 1.82) is 0 Å². The molecule has 0 heterocycles. The number of carbonyl (C=O) groups is 4. The van der Waals surface area contributed by atoms with Crippen LogP contribution in [0.4, 0.5) is 0 Å². The molecule has 0 amide bonds. The summed E-state index contributed by atoms with van der Waals surface area (Å²) in [6.45, 7) is 4.27. The summed E-state index contributed by atoms with van der Waals surface area (Å²) >= 11 is 0. The molecule has 0 aromatic rings. The van der Waals surface area contributed by atoms with Crippen molar-refractivity contribution in [2.75, 3.05) is 39.6 Å². The average molecular weight is 1410 g/mol. The SMILES string of the molecule is CC/C=C\C/C=C\C/C=C\C/C=C\C/C=C\CC(=O)OCC(COP(=O)(O)OCC(O)COP(=O)(O)OCC(COC(=O)CCCCCCCCC/C=C\C/C=C\C/C=C\CC)OC(=O)CCCC/C=C\C/C=C\C/C=C\C/C=C\CC)OC(=O)CCCCCCC/C=C\CCCC. The Bertz CT molecular complexity index is 2480. The monoisotopic (exact) mass is 1410 g/mol. The van der Waals surface area contributed by atoms with E-state index in [1.165, 1.54) is 6.42 Å². The number of aliphatic hydroxyl groups is 1. The predicted molar refractivity (Wildman–Crippen MR) is 399 cm³/mol. The molecule has 3 N–H and O–H groups in total. The normalized spacial score (nSPS) is 14.9. The minimum atomic E-state index is -5.00. The number of phosphoric ester groups is 2. The highest BCUT2D eigenvalue weighted by atomic mass is 31.2. The lowest BCUT2D eigenvalue weighted by atomic mass is 10.1. The number of rotatable bonds is 67. The van der Waals surface area contributed by atoms with Crippen LogP contribution in [0, 0.1) is 0 Å². The summed E-state index contributed by atoms with van der Waals surface area (Å²) in [5.74, 6) is -2.41. The van der Waals surface area contributed by atoms with Crippen molar-refractivity contribution in [1.82, 2.24) is 0 Å². The van der Waals surface area contributed by atoms with Crippen molar-refractivity contribution < 1.29 is 80.2 Å². The molecule has 5 unspecified atom stereocenters. The second kappa shape index (κ2) is 70.1. The number of unbranched alkanes of at least 4 members (excludes halogenated alkanes) is 16. The highest BCUT2D eigenvalue weighted by Crippen LogP contribution is 2.45. The first-order valence-electron chi connectivity index (χ1n) is 36.7. The first kappa shape index (κ1) is 92.7. The molecule has 0 saturated heterocycles. The maximum Gasteiger partial charge on any atom is 0.472 e. The summed E-state index contributed by atoms with van der Waals surface area (Å²) in [7, 11) is -10.00. The molecule has 0 spiro atoms. The Morgan fingerprint density at radius 2 is 0.571 bits per heavy atom. The molecule has 0 saturated carbocycles. The third-order valence-corrected chi connectivity index (χ3v) is 16.4. The molecule has 0 bridgehead atoms. The fourth-order valence-electron chi connectivity index (χ4n) is 8.98. The van der Waals surface area contributed by atoms with E-state index in [4.69, 9.17) is 37.0 Å². The molecule has 0 aliphatic carbocycles. The van der Waals surface area contributed by atoms with Gasteiger partial charge in [-0.3, -0.25) is 37.3 Å². The Hall–Kier alpha value is -5.32. The second-order valence-corrected chi connectivity index (χ2v) is 26.7. The van der Waals surface area contributed by atoms with Crippen LogP contribution in [0.5, 0.6) is 0 Å². The van der Waals surface area contributed by atoms with Gasteiger partial charge >= 0.3 is 39.5 Å². The molecule has 19 heteroatoms. The first-order chi connectivity index (χ1) is 47.7. The van der Waals surface area contributed by atoms with Crippen molar-refractivity contribution in [2.45, 2.75) is 277 Å². The number of ether oxygens (including phenoxy) is 4. The predicted octanol–water partition coefficient (Wildman–Crippen LogP) is 20.9. The van der Waals surface area contributed by atoms with E-state index in [9.17, 15) is 43.2 Å². The van der Waals surface area contributed by atoms with E-state index in [1.807, 2.05) is 18.2 Å². The molecule has 0 rings (SSSR count). The van der Waals surface area contributed by atoms with Crippen molar-refractivity contribution in [3.05, 3.63) is 158 Å². The Morgan fingerprint density at radius 3 is 0.939 bits per heavy atom. The van der Waals surface area contributed by atoms with Crippen LogP contribution in [0.2, 0.25) is 0 Å². The van der Waals surface area contributed by atoms with Crippen LogP contribution in [-0.4, -0.2) is 96.7 Å². The van der Waals surface area contributed by atoms with E-state index in [-0.39, 0.29) is 25.7 Å². The first-order valence-corrected chi connectivity index (χ1v) is 39.7. The average Bonchev–Trinajstić information content (AvgIpc) is 0.985. The quantitative estimate of drug-likeness (QED) is 0.0169. The summed E-state index contributed by atoms with van der Waals surface area (Å²) in [6.07, 6.45) is 80.0. The number of phosphoric acid groups is 2. The van der Waals surface area contributed by atoms with Gasteiger partial charge in [0.1, 0.15) is 19.3 Å². The van der Waals surface area contributed by atoms with Crippen LogP contribution < -0.4 is 0 Å². The molecule has 556 valence electrons. The Labute approximate surface area is 591 Å². The van der Waals surface area contributed by atoms with E-state index in [2.05, 4.69) is 161 Å². The molecule has 17 nitrogen and oxygen atoms in total. The third-order valence-electron chi connectivity index (χ3n) is 14.5. The van der Waals surface area contributed by atoms with Gasteiger partial charge in [0.2, 0.25) is 0 Å². The number of hydrogen-bond donors (Lipinski definition) is 3. The number of aliphatic hydroxyl groups excluding tert-OH is 1. The lowest BCUT2D eigenvalue weighted by molar-refractivity contribution is -0.161. The van der Waals surface area contributed by atoms with Gasteiger partial charge in [0, 0.05) is 19.3 Å². The Balaban J connectivity index is 5.45. The zero-order valence-electron chi connectivity index (χ0n) is 60.4. The van der Waals surface area contributed by atoms with Crippen molar-refractivity contribution in [2.24, 2.45) is 0 Å². The Kier molecular flexibility index (Phi) is 66.3. The van der Waals surface area contributed by atoms with Gasteiger partial charge in [0.15, 0.2) is 12.2 Å². The maximum absolute atomic E-state index is 13.1. The molecule has 0 radical (unpaired) electrons. The van der Waals surface area contributed by atoms with Crippen molar-refractivity contribution in [3.8, 4) is 0 Å². The zero-order chi connectivity index (χ0) is 71.8. The summed E-state index contributed by atoms with van der Waals surface area (Å²) < 4.78 is 68.2. The summed E-state index contributed by atoms with van der Waals surface area (Å²) in [4.78, 5) is 72.7. The number of esters is 4. The van der Waals surface area contributed by atoms with Crippen molar-refractivity contribution >= 4 is 39.5 Å². The molecular formula is C79H128O17P2. The van der Waals surface area contributed by atoms with Gasteiger partial charge in [-0.1, -0.05) is 250 Å². The highest BCUT2D eigenvalue weighted by Gasteiger charge is 2.30. The number of allylic oxidation sites excluding steroid dienone is 25. The minimum absolute atomic E-state index is 0.0331. The third kappa shape index (κ3) is 69.2. The van der Waals surface area contributed by atoms with Crippen LogP contribution in [0.15, 0.2) is 158 Å². The standard InChI is InChI=1S/C79H128O17P2/c1-5-9-13-17-21-25-29-32-35-36-39-41-45-48-52-56-60-64-77(82)90-70-75(96-79(84)66-62-58-54-50-46-42-38-34-31-27-23-19-15-11-7-3)72-94-98(87,88)92-68-73(80)67-91-97(85,86)93-71-74(95-78(83)65-61-57-53-49-43-28-24-20-16-12-8-4)69-89-76(81)63-59-55-51-47-44-40-37-33-30-26-22-18-14-10-6-2/h9-11,13-15,20-27,32-35,37-38,44,46-47,50,55,59,73-75,80H,5-8,12,16-19,28-31,36,39-43,45,48-49,51-54,56-58,60-72H2,1-4H3,(H,85,86)(H,87,88)/b13-9-,14-10-,15-11-,24-20-,25-21-,26-22-,27-23-,35-32-,37-33-,38-34-,47-44-,50-46-,59-55-. The second-order valence-electron chi connectivity index (χ2n) is 23.8. The van der Waals surface area contributed by atoms with Gasteiger partial charge in [-0.15, -0.1) is 0 Å². The molecular weight excluding hydrogens is 1280 g/mol. The molecule has 0 fully saturated rings. The molecule has 5 atom stereocenters. The summed E-state index contributed by atoms with van der Waals surface area (Å²) in [6, 6.07) is 0. The van der Waals surface area contributed by atoms with Crippen LogP contribution in [0.25, 0.3) is 0 Å². The fourth-order valence-corrected chi connectivity index (χ4v) is 10.6. The van der Waals surface area contributed by atoms with Crippen LogP contribution in [0.1, 0.15) is 259 Å². The zero-order valence-corrected chi connectivity index (χ0v) is 62.2. The Morgan fingerprint density at radius 1 is 0.306 bits per heavy atom. The number of carbonyl (C=O) groups excluding carboxylic acids is 4. The van der Waals surface area contributed by atoms with Crippen LogP contribution in [0.3, 0.4) is 0 Å². The largest absolute Gasteiger partial charge is 0.472 e. The minimum Gasteiger partial charge on any atom is -0.462 e. The highest BCUT2D eigenvalue weighted by molar-refractivity contribution is 7.47. The molecule has 0 aromatic carbocycles. The molecule has 0 aliphatic rings. The van der Waals surface area contributed by atoms with Gasteiger partial charge < -0.3 is 33.8 Å². The van der Waals surface area contributed by atoms with Gasteiger partial charge in [-0.25, -0.2) is 9.13 Å². The lowest BCUT2D eigenvalue weighted by Crippen LogP contribution is -2.30. The summed E-state index contributed by atoms with van der Waals surface area (Å²) in [5, 5.41) is 10.6. The van der Waals surface area contributed by atoms with Crippen molar-refractivity contribution in [3.63, 3.8) is 0 Å². The van der Waals surface area contributed by atoms with E-state index in [0.717, 1.165) is 167 Å². The molecule has 0 aromatic heterocycles. The smallest absolute Gasteiger partial charge is 0.462 e. The molecule has 0 aliphatic heterocycles. The lowest BCUT2D eigenvalue weighted by Gasteiger charge is -2.21. The number of hydrogen-bond acceptors (Lipinski definition) is 15. The van der Waals surface area contributed by atoms with Gasteiger partial charge in [-0.2, -0.15) is 0 Å². The summed E-state index contributed by atoms with van der Waals surface area (Å²) in [5.41, 5.74) is 0. The topological polar surface area (TPSA) is 237 Å². The van der Waals surface area contributed by atoms with Crippen LogP contribution in [-0.2, 0) is 65.4 Å². The van der Waals surface area contributed by atoms with Gasteiger partial charge in [0.05, 0.1) is 32.8 Å². The van der Waals surface area contributed by atoms with Gasteiger partial charge in [0.25, 0.3) is 0 Å². The maximum atomic E-state index is 13.1. The van der Waals surface area contributed by atoms with E-state index < -0.39 is 97.5 Å². The van der Waals surface area contributed by atoms with Gasteiger partial charge in [-0.05, 0) is 141 Å².